The number of carbonyl (C=O) groups excluding carboxylic acids is 3. The van der Waals surface area contributed by atoms with Gasteiger partial charge in [-0.05, 0) is 25.7 Å². The van der Waals surface area contributed by atoms with Gasteiger partial charge in [0.25, 0.3) is 5.91 Å². The van der Waals surface area contributed by atoms with Gasteiger partial charge in [0, 0.05) is 5.56 Å². The van der Waals surface area contributed by atoms with Crippen molar-refractivity contribution in [2.24, 2.45) is 5.92 Å². The molecule has 22 heavy (non-hydrogen) atoms. The number of nitrogens with zero attached hydrogens (tertiary/aromatic N) is 1. The summed E-state index contributed by atoms with van der Waals surface area (Å²) in [6.45, 7) is 5.65. The maximum absolute atomic E-state index is 12.5. The molecule has 0 saturated carbocycles. The number of urea groups is 1. The number of imide groups is 1. The van der Waals surface area contributed by atoms with E-state index in [2.05, 4.69) is 19.2 Å². The van der Waals surface area contributed by atoms with E-state index in [9.17, 15) is 14.4 Å². The number of hydrogen-bond donors (Lipinski definition) is 1. The van der Waals surface area contributed by atoms with Crippen LogP contribution < -0.4 is 5.32 Å². The Bertz CT molecular complexity index is 583. The molecule has 1 aliphatic rings. The summed E-state index contributed by atoms with van der Waals surface area (Å²) >= 11 is 0. The van der Waals surface area contributed by atoms with E-state index in [1.54, 1.807) is 31.2 Å². The molecule has 118 valence electrons. The number of nitrogens with one attached hydrogen (secondary N) is 1. The molecule has 2 rings (SSSR count). The number of benzene rings is 1. The molecule has 1 saturated heterocycles. The van der Waals surface area contributed by atoms with E-state index in [0.717, 1.165) is 11.3 Å². The van der Waals surface area contributed by atoms with E-state index in [0.29, 0.717) is 17.9 Å². The molecule has 1 atom stereocenters. The van der Waals surface area contributed by atoms with Crippen molar-refractivity contribution in [1.29, 1.82) is 0 Å². The molecule has 5 heteroatoms. The van der Waals surface area contributed by atoms with Crippen molar-refractivity contribution < 1.29 is 14.4 Å². The molecule has 3 amide bonds. The normalized spacial score (nSPS) is 21.4. The summed E-state index contributed by atoms with van der Waals surface area (Å²) in [5, 5.41) is 2.73. The average molecular weight is 302 g/mol. The Hall–Kier alpha value is -2.17. The maximum Gasteiger partial charge on any atom is 0.325 e. The second-order valence-corrected chi connectivity index (χ2v) is 6.38. The van der Waals surface area contributed by atoms with Crippen molar-refractivity contribution in [2.45, 2.75) is 39.2 Å². The summed E-state index contributed by atoms with van der Waals surface area (Å²) in [7, 11) is 0. The molecule has 1 unspecified atom stereocenters. The third-order valence-corrected chi connectivity index (χ3v) is 3.96. The molecule has 1 aromatic carbocycles. The van der Waals surface area contributed by atoms with E-state index < -0.39 is 11.6 Å². The highest BCUT2D eigenvalue weighted by Crippen LogP contribution is 2.24. The number of ketones is 1. The minimum Gasteiger partial charge on any atom is -0.323 e. The van der Waals surface area contributed by atoms with Crippen molar-refractivity contribution in [3.05, 3.63) is 35.9 Å². The van der Waals surface area contributed by atoms with Gasteiger partial charge < -0.3 is 5.32 Å². The molecule has 1 heterocycles. The van der Waals surface area contributed by atoms with Gasteiger partial charge in [-0.15, -0.1) is 0 Å². The Morgan fingerprint density at radius 1 is 1.23 bits per heavy atom. The van der Waals surface area contributed by atoms with E-state index in [4.69, 9.17) is 0 Å². The fraction of sp³-hybridized carbons (Fsp3) is 0.471. The average Bonchev–Trinajstić information content (AvgIpc) is 2.70. The lowest BCUT2D eigenvalue weighted by Gasteiger charge is -2.22. The Morgan fingerprint density at radius 2 is 1.86 bits per heavy atom. The molecule has 1 N–H and O–H groups in total. The molecule has 1 fully saturated rings. The van der Waals surface area contributed by atoms with Crippen molar-refractivity contribution >= 4 is 17.7 Å². The fourth-order valence-corrected chi connectivity index (χ4v) is 2.50. The van der Waals surface area contributed by atoms with E-state index in [-0.39, 0.29) is 18.2 Å². The number of amides is 3. The van der Waals surface area contributed by atoms with Crippen LogP contribution in [0.3, 0.4) is 0 Å². The highest BCUT2D eigenvalue weighted by atomic mass is 16.2. The van der Waals surface area contributed by atoms with E-state index in [1.807, 2.05) is 6.07 Å². The second kappa shape index (κ2) is 6.30. The highest BCUT2D eigenvalue weighted by molar-refractivity contribution is 6.10. The second-order valence-electron chi connectivity index (χ2n) is 6.38. The minimum atomic E-state index is -0.904. The first kappa shape index (κ1) is 16.2. The Kier molecular flexibility index (Phi) is 4.64. The monoisotopic (exact) mass is 302 g/mol. The van der Waals surface area contributed by atoms with Crippen molar-refractivity contribution in [3.8, 4) is 0 Å². The standard InChI is InChI=1S/C17H22N2O3/c1-12(2)9-10-17(3)15(21)19(16(22)18-17)11-14(20)13-7-5-4-6-8-13/h4-8,12H,9-11H2,1-3H3,(H,18,22). The van der Waals surface area contributed by atoms with Gasteiger partial charge in [-0.25, -0.2) is 4.79 Å². The van der Waals surface area contributed by atoms with Crippen LogP contribution in [-0.4, -0.2) is 34.7 Å². The van der Waals surface area contributed by atoms with Crippen LogP contribution in [-0.2, 0) is 4.79 Å². The van der Waals surface area contributed by atoms with Crippen molar-refractivity contribution in [3.63, 3.8) is 0 Å². The molecule has 1 aromatic rings. The zero-order valence-corrected chi connectivity index (χ0v) is 13.3. The van der Waals surface area contributed by atoms with Gasteiger partial charge in [0.15, 0.2) is 5.78 Å². The SMILES string of the molecule is CC(C)CCC1(C)NC(=O)N(CC(=O)c2ccccc2)C1=O. The van der Waals surface area contributed by atoms with Crippen LogP contribution in [0.1, 0.15) is 44.0 Å². The maximum atomic E-state index is 12.5. The van der Waals surface area contributed by atoms with E-state index >= 15 is 0 Å². The third kappa shape index (κ3) is 3.35. The van der Waals surface area contributed by atoms with Crippen LogP contribution in [0.15, 0.2) is 30.3 Å². The number of rotatable bonds is 6. The molecule has 0 bridgehead atoms. The quantitative estimate of drug-likeness (QED) is 0.649. The lowest BCUT2D eigenvalue weighted by Crippen LogP contribution is -2.44. The predicted octanol–water partition coefficient (Wildman–Crippen LogP) is 2.62. The first-order chi connectivity index (χ1) is 10.3. The smallest absolute Gasteiger partial charge is 0.323 e. The first-order valence-corrected chi connectivity index (χ1v) is 7.56. The Labute approximate surface area is 130 Å². The minimum absolute atomic E-state index is 0.216. The molecule has 0 radical (unpaired) electrons. The summed E-state index contributed by atoms with van der Waals surface area (Å²) in [5.41, 5.74) is -0.405. The zero-order chi connectivity index (χ0) is 16.3. The predicted molar refractivity (Wildman–Crippen MR) is 83.5 cm³/mol. The molecular formula is C17H22N2O3. The Morgan fingerprint density at radius 3 is 2.45 bits per heavy atom. The van der Waals surface area contributed by atoms with Crippen molar-refractivity contribution in [1.82, 2.24) is 10.2 Å². The lowest BCUT2D eigenvalue weighted by atomic mass is 9.92. The molecule has 5 nitrogen and oxygen atoms in total. The van der Waals surface area contributed by atoms with Crippen LogP contribution in [0.25, 0.3) is 0 Å². The van der Waals surface area contributed by atoms with E-state index in [1.165, 1.54) is 0 Å². The number of Topliss-reactive ketones (excluding diaryl/α,β-unsaturated/α-hetero) is 1. The molecule has 0 aliphatic carbocycles. The van der Waals surface area contributed by atoms with Gasteiger partial charge in [0.2, 0.25) is 0 Å². The molecule has 1 aliphatic heterocycles. The zero-order valence-electron chi connectivity index (χ0n) is 13.3. The first-order valence-electron chi connectivity index (χ1n) is 7.56. The van der Waals surface area contributed by atoms with Crippen LogP contribution in [0.5, 0.6) is 0 Å². The third-order valence-electron chi connectivity index (χ3n) is 3.96. The molecule has 0 spiro atoms. The van der Waals surface area contributed by atoms with Gasteiger partial charge in [-0.3, -0.25) is 14.5 Å². The summed E-state index contributed by atoms with van der Waals surface area (Å²) in [5.74, 6) is -0.110. The summed E-state index contributed by atoms with van der Waals surface area (Å²) in [4.78, 5) is 37.8. The Balaban J connectivity index is 2.07. The van der Waals surface area contributed by atoms with Crippen LogP contribution in [0, 0.1) is 5.92 Å². The van der Waals surface area contributed by atoms with Gasteiger partial charge in [0.05, 0.1) is 6.54 Å². The summed E-state index contributed by atoms with van der Waals surface area (Å²) < 4.78 is 0. The highest BCUT2D eigenvalue weighted by Gasteiger charge is 2.47. The van der Waals surface area contributed by atoms with Gasteiger partial charge >= 0.3 is 6.03 Å². The van der Waals surface area contributed by atoms with Gasteiger partial charge in [-0.1, -0.05) is 44.2 Å². The summed E-state index contributed by atoms with van der Waals surface area (Å²) in [6, 6.07) is 8.20. The molecular weight excluding hydrogens is 280 g/mol. The van der Waals surface area contributed by atoms with Crippen LogP contribution >= 0.6 is 0 Å². The van der Waals surface area contributed by atoms with Gasteiger partial charge in [-0.2, -0.15) is 0 Å². The fourth-order valence-electron chi connectivity index (χ4n) is 2.50. The molecule has 0 aromatic heterocycles. The number of carbonyl (C=O) groups is 3. The topological polar surface area (TPSA) is 66.5 Å². The van der Waals surface area contributed by atoms with Gasteiger partial charge in [0.1, 0.15) is 5.54 Å². The lowest BCUT2D eigenvalue weighted by molar-refractivity contribution is -0.130. The van der Waals surface area contributed by atoms with Crippen LogP contribution in [0.4, 0.5) is 4.79 Å². The van der Waals surface area contributed by atoms with Crippen molar-refractivity contribution in [2.75, 3.05) is 6.54 Å². The number of hydrogen-bond acceptors (Lipinski definition) is 3. The summed E-state index contributed by atoms with van der Waals surface area (Å²) in [6.07, 6.45) is 1.41. The van der Waals surface area contributed by atoms with Crippen LogP contribution in [0.2, 0.25) is 0 Å². The largest absolute Gasteiger partial charge is 0.325 e.